The minimum absolute atomic E-state index is 0.00334. The number of rotatable bonds is 9. The van der Waals surface area contributed by atoms with Gasteiger partial charge in [0.1, 0.15) is 0 Å². The van der Waals surface area contributed by atoms with Crippen molar-refractivity contribution >= 4 is 11.8 Å². The highest BCUT2D eigenvalue weighted by Crippen LogP contribution is 2.13. The molecule has 0 aliphatic rings. The summed E-state index contributed by atoms with van der Waals surface area (Å²) in [4.78, 5) is 23.8. The number of nitrogens with zero attached hydrogens (tertiary/aromatic N) is 2. The van der Waals surface area contributed by atoms with Gasteiger partial charge in [0.05, 0.1) is 24.3 Å². The maximum Gasteiger partial charge on any atom is 0.239 e. The van der Waals surface area contributed by atoms with Crippen molar-refractivity contribution in [1.82, 2.24) is 20.4 Å². The Morgan fingerprint density at radius 2 is 1.62 bits per heavy atom. The molecular weight excluding hydrogens is 364 g/mol. The second-order valence-electron chi connectivity index (χ2n) is 6.91. The highest BCUT2D eigenvalue weighted by atomic mass is 16.2. The van der Waals surface area contributed by atoms with Crippen molar-refractivity contribution in [3.05, 3.63) is 83.7 Å². The van der Waals surface area contributed by atoms with Crippen LogP contribution in [0.3, 0.4) is 0 Å². The summed E-state index contributed by atoms with van der Waals surface area (Å²) in [6.45, 7) is 2.55. The van der Waals surface area contributed by atoms with Crippen LogP contribution in [0.4, 0.5) is 0 Å². The number of carbonyl (C=O) groups excluding carboxylic acids is 2. The number of hydrogen-bond donors (Lipinski definition) is 2. The van der Waals surface area contributed by atoms with Crippen molar-refractivity contribution in [3.8, 4) is 5.69 Å². The fraction of sp³-hybridized carbons (Fsp3) is 0.261. The van der Waals surface area contributed by atoms with Gasteiger partial charge in [0, 0.05) is 12.7 Å². The maximum atomic E-state index is 11.9. The van der Waals surface area contributed by atoms with E-state index in [1.165, 1.54) is 5.56 Å². The molecule has 0 spiro atoms. The first-order chi connectivity index (χ1) is 14.1. The van der Waals surface area contributed by atoms with Crippen LogP contribution in [0.15, 0.2) is 66.9 Å². The van der Waals surface area contributed by atoms with Crippen LogP contribution < -0.4 is 10.6 Å². The van der Waals surface area contributed by atoms with Crippen LogP contribution >= 0.6 is 0 Å². The van der Waals surface area contributed by atoms with Crippen molar-refractivity contribution < 1.29 is 9.59 Å². The first-order valence-corrected chi connectivity index (χ1v) is 9.80. The lowest BCUT2D eigenvalue weighted by molar-refractivity contribution is -0.125. The highest BCUT2D eigenvalue weighted by Gasteiger charge is 2.08. The summed E-state index contributed by atoms with van der Waals surface area (Å²) in [5.74, 6) is -0.335. The molecule has 0 aliphatic heterocycles. The summed E-state index contributed by atoms with van der Waals surface area (Å²) in [6.07, 6.45) is 3.96. The van der Waals surface area contributed by atoms with Crippen molar-refractivity contribution in [2.24, 2.45) is 0 Å². The van der Waals surface area contributed by atoms with E-state index in [0.717, 1.165) is 29.8 Å². The minimum atomic E-state index is -0.178. The van der Waals surface area contributed by atoms with Gasteiger partial charge in [0.2, 0.25) is 11.8 Å². The molecule has 1 heterocycles. The highest BCUT2D eigenvalue weighted by molar-refractivity contribution is 5.85. The maximum absolute atomic E-state index is 11.9. The minimum Gasteiger partial charge on any atom is -0.355 e. The van der Waals surface area contributed by atoms with Gasteiger partial charge < -0.3 is 10.6 Å². The zero-order chi connectivity index (χ0) is 20.5. The number of carbonyl (C=O) groups is 2. The van der Waals surface area contributed by atoms with Gasteiger partial charge in [-0.25, -0.2) is 4.68 Å². The predicted octanol–water partition coefficient (Wildman–Crippen LogP) is 2.59. The smallest absolute Gasteiger partial charge is 0.239 e. The van der Waals surface area contributed by atoms with E-state index in [1.807, 2.05) is 78.5 Å². The monoisotopic (exact) mass is 390 g/mol. The van der Waals surface area contributed by atoms with Crippen LogP contribution in [-0.4, -0.2) is 34.7 Å². The molecule has 150 valence electrons. The molecule has 0 fully saturated rings. The summed E-state index contributed by atoms with van der Waals surface area (Å²) in [5, 5.41) is 10.1. The van der Waals surface area contributed by atoms with Gasteiger partial charge in [-0.2, -0.15) is 5.10 Å². The Labute approximate surface area is 170 Å². The summed E-state index contributed by atoms with van der Waals surface area (Å²) >= 11 is 0. The van der Waals surface area contributed by atoms with Crippen LogP contribution in [-0.2, 0) is 22.4 Å². The number of para-hydroxylation sites is 1. The largest absolute Gasteiger partial charge is 0.355 e. The molecule has 0 bridgehead atoms. The molecule has 0 radical (unpaired) electrons. The van der Waals surface area contributed by atoms with E-state index in [9.17, 15) is 9.59 Å². The Hall–Kier alpha value is -3.41. The molecule has 2 N–H and O–H groups in total. The lowest BCUT2D eigenvalue weighted by atomic mass is 10.1. The van der Waals surface area contributed by atoms with Crippen molar-refractivity contribution in [2.45, 2.75) is 26.2 Å². The summed E-state index contributed by atoms with van der Waals surface area (Å²) in [5.41, 5.74) is 4.12. The van der Waals surface area contributed by atoms with Gasteiger partial charge in [0.25, 0.3) is 0 Å². The third-order valence-electron chi connectivity index (χ3n) is 4.62. The van der Waals surface area contributed by atoms with E-state index in [4.69, 9.17) is 0 Å². The third kappa shape index (κ3) is 6.31. The molecule has 2 aromatic carbocycles. The molecule has 0 saturated heterocycles. The second-order valence-corrected chi connectivity index (χ2v) is 6.91. The molecule has 0 saturated carbocycles. The molecule has 3 aromatic rings. The van der Waals surface area contributed by atoms with Crippen LogP contribution in [0.25, 0.3) is 5.69 Å². The van der Waals surface area contributed by atoms with Crippen molar-refractivity contribution in [2.75, 3.05) is 13.1 Å². The SMILES string of the molecule is Cc1nn(-c2ccccc2)cc1CCCNC(=O)CNC(=O)Cc1ccccc1. The molecule has 0 unspecified atom stereocenters. The zero-order valence-corrected chi connectivity index (χ0v) is 16.6. The number of nitrogens with one attached hydrogen (secondary N) is 2. The second kappa shape index (κ2) is 10.2. The molecule has 6 heteroatoms. The third-order valence-corrected chi connectivity index (χ3v) is 4.62. The quantitative estimate of drug-likeness (QED) is 0.552. The summed E-state index contributed by atoms with van der Waals surface area (Å²) < 4.78 is 1.88. The fourth-order valence-electron chi connectivity index (χ4n) is 3.05. The topological polar surface area (TPSA) is 76.0 Å². The van der Waals surface area contributed by atoms with E-state index in [2.05, 4.69) is 15.7 Å². The lowest BCUT2D eigenvalue weighted by Crippen LogP contribution is -2.38. The molecule has 2 amide bonds. The van der Waals surface area contributed by atoms with E-state index >= 15 is 0 Å². The van der Waals surface area contributed by atoms with Crippen LogP contribution in [0.2, 0.25) is 0 Å². The van der Waals surface area contributed by atoms with E-state index in [0.29, 0.717) is 6.54 Å². The van der Waals surface area contributed by atoms with Gasteiger partial charge in [-0.1, -0.05) is 48.5 Å². The number of benzene rings is 2. The van der Waals surface area contributed by atoms with E-state index in [1.54, 1.807) is 0 Å². The van der Waals surface area contributed by atoms with E-state index < -0.39 is 0 Å². The number of amides is 2. The zero-order valence-electron chi connectivity index (χ0n) is 16.6. The Balaban J connectivity index is 1.35. The van der Waals surface area contributed by atoms with Crippen LogP contribution in [0, 0.1) is 6.92 Å². The average Bonchev–Trinajstić information content (AvgIpc) is 3.12. The first kappa shape index (κ1) is 20.3. The number of aromatic nitrogens is 2. The van der Waals surface area contributed by atoms with Crippen molar-refractivity contribution in [3.63, 3.8) is 0 Å². The van der Waals surface area contributed by atoms with E-state index in [-0.39, 0.29) is 24.8 Å². The summed E-state index contributed by atoms with van der Waals surface area (Å²) in [7, 11) is 0. The molecular formula is C23H26N4O2. The molecule has 0 aliphatic carbocycles. The Morgan fingerprint density at radius 1 is 0.931 bits per heavy atom. The van der Waals surface area contributed by atoms with Gasteiger partial charge in [0.15, 0.2) is 0 Å². The normalized spacial score (nSPS) is 10.5. The van der Waals surface area contributed by atoms with Gasteiger partial charge in [-0.15, -0.1) is 0 Å². The summed E-state index contributed by atoms with van der Waals surface area (Å²) in [6, 6.07) is 19.5. The lowest BCUT2D eigenvalue weighted by Gasteiger charge is -2.07. The Bertz CT molecular complexity index is 936. The fourth-order valence-corrected chi connectivity index (χ4v) is 3.05. The molecule has 3 rings (SSSR count). The van der Waals surface area contributed by atoms with Crippen LogP contribution in [0.5, 0.6) is 0 Å². The molecule has 6 nitrogen and oxygen atoms in total. The van der Waals surface area contributed by atoms with Crippen LogP contribution in [0.1, 0.15) is 23.2 Å². The van der Waals surface area contributed by atoms with Gasteiger partial charge >= 0.3 is 0 Å². The van der Waals surface area contributed by atoms with Gasteiger partial charge in [-0.05, 0) is 43.0 Å². The van der Waals surface area contributed by atoms with Crippen molar-refractivity contribution in [1.29, 1.82) is 0 Å². The number of aryl methyl sites for hydroxylation is 2. The molecule has 0 atom stereocenters. The standard InChI is InChI=1S/C23H26N4O2/c1-18-20(17-27(26-18)21-12-6-3-7-13-21)11-8-14-24-23(29)16-25-22(28)15-19-9-4-2-5-10-19/h2-7,9-10,12-13,17H,8,11,14-16H2,1H3,(H,24,29)(H,25,28). The Kier molecular flexibility index (Phi) is 7.16. The van der Waals surface area contributed by atoms with Gasteiger partial charge in [-0.3, -0.25) is 9.59 Å². The predicted molar refractivity (Wildman–Crippen MR) is 113 cm³/mol. The molecule has 29 heavy (non-hydrogen) atoms. The Morgan fingerprint density at radius 3 is 2.34 bits per heavy atom. The molecule has 1 aromatic heterocycles. The number of hydrogen-bond acceptors (Lipinski definition) is 3. The average molecular weight is 390 g/mol. The first-order valence-electron chi connectivity index (χ1n) is 9.80.